The van der Waals surface area contributed by atoms with Crippen LogP contribution in [0.25, 0.3) is 56.3 Å². The van der Waals surface area contributed by atoms with Gasteiger partial charge in [-0.25, -0.2) is 39.9 Å². The van der Waals surface area contributed by atoms with Crippen molar-refractivity contribution in [2.75, 3.05) is 0 Å². The maximum atomic E-state index is 6.24. The van der Waals surface area contributed by atoms with Gasteiger partial charge in [0.15, 0.2) is 0 Å². The predicted octanol–water partition coefficient (Wildman–Crippen LogP) is 18.4. The van der Waals surface area contributed by atoms with Crippen LogP contribution in [0.2, 0.25) is 21.1 Å². The first-order chi connectivity index (χ1) is 35.2. The Morgan fingerprint density at radius 3 is 0.787 bits per heavy atom. The Bertz CT molecular complexity index is 3090. The van der Waals surface area contributed by atoms with Gasteiger partial charge < -0.3 is 0 Å². The van der Waals surface area contributed by atoms with Gasteiger partial charge in [-0.05, 0) is 99.5 Å². The maximum Gasteiger partial charge on any atom is 0.223 e. The van der Waals surface area contributed by atoms with Crippen molar-refractivity contribution in [2.45, 2.75) is 112 Å². The van der Waals surface area contributed by atoms with Crippen LogP contribution in [-0.2, 0) is 21.7 Å². The van der Waals surface area contributed by atoms with Gasteiger partial charge in [-0.1, -0.05) is 223 Å². The molecule has 8 nitrogen and oxygen atoms in total. The molecule has 9 rings (SSSR count). The van der Waals surface area contributed by atoms with E-state index in [2.05, 4.69) is 171 Å². The minimum absolute atomic E-state index is 0.00653. The highest BCUT2D eigenvalue weighted by Crippen LogP contribution is 2.32. The second-order valence-electron chi connectivity index (χ2n) is 22.1. The van der Waals surface area contributed by atoms with Crippen molar-refractivity contribution in [1.82, 2.24) is 39.9 Å². The maximum absolute atomic E-state index is 6.24. The molecule has 4 heterocycles. The molecule has 5 aromatic carbocycles. The second-order valence-corrected chi connectivity index (χ2v) is 23.5. The van der Waals surface area contributed by atoms with E-state index in [4.69, 9.17) is 46.4 Å². The number of aromatic nitrogens is 8. The fourth-order valence-electron chi connectivity index (χ4n) is 7.40. The minimum Gasteiger partial charge on any atom is -0.223 e. The van der Waals surface area contributed by atoms with Gasteiger partial charge in [0, 0.05) is 44.3 Å². The molecule has 0 fully saturated rings. The van der Waals surface area contributed by atoms with E-state index in [9.17, 15) is 0 Å². The topological polar surface area (TPSA) is 103 Å². The summed E-state index contributed by atoms with van der Waals surface area (Å²) in [6.07, 6.45) is 0. The number of hydrogen-bond donors (Lipinski definition) is 0. The van der Waals surface area contributed by atoms with Gasteiger partial charge in [0.2, 0.25) is 21.1 Å². The van der Waals surface area contributed by atoms with E-state index in [-0.39, 0.29) is 32.2 Å². The summed E-state index contributed by atoms with van der Waals surface area (Å²) in [5, 5.41) is 1.17. The van der Waals surface area contributed by atoms with Crippen molar-refractivity contribution in [1.29, 1.82) is 0 Å². The highest BCUT2D eigenvalue weighted by molar-refractivity contribution is 6.29. The Balaban J connectivity index is 0.000000169. The molecule has 0 spiro atoms. The van der Waals surface area contributed by atoms with Gasteiger partial charge in [-0.3, -0.25) is 0 Å². The average Bonchev–Trinajstić information content (AvgIpc) is 3.36. The second kappa shape index (κ2) is 24.9. The van der Waals surface area contributed by atoms with Crippen LogP contribution >= 0.6 is 46.4 Å². The van der Waals surface area contributed by atoms with Crippen molar-refractivity contribution in [2.24, 2.45) is 0 Å². The first-order valence-corrected chi connectivity index (χ1v) is 26.3. The zero-order valence-electron chi connectivity index (χ0n) is 45.2. The Morgan fingerprint density at radius 1 is 0.267 bits per heavy atom. The molecule has 0 N–H and O–H groups in total. The lowest BCUT2D eigenvalue weighted by Crippen LogP contribution is -2.19. The van der Waals surface area contributed by atoms with Gasteiger partial charge in [-0.2, -0.15) is 0 Å². The number of halogens is 4. The fourth-order valence-corrected chi connectivity index (χ4v) is 8.17. The van der Waals surface area contributed by atoms with Gasteiger partial charge in [0.1, 0.15) is 0 Å². The van der Waals surface area contributed by atoms with Crippen LogP contribution in [0.4, 0.5) is 0 Å². The van der Waals surface area contributed by atoms with Crippen molar-refractivity contribution in [3.8, 4) is 56.3 Å². The largest absolute Gasteiger partial charge is 0.223 e. The SMILES string of the molecule is CC(C)(C)c1cc(C(C)(C)C)nc(Cl)n1.CC(C)(C)c1ccc(-c2cc(-c3ccc(C(C)(C)C)cc3)nc(Cl)n2)cc1.Cc1cc(-c2ccccc2)nc(Cl)n1.Clc1nc(-c2ccccc2)cc(-c2ccccc2)n1. The fraction of sp³-hybridized carbons (Fsp3) is 0.270. The lowest BCUT2D eigenvalue weighted by molar-refractivity contribution is 0.537. The molecule has 0 saturated heterocycles. The molecule has 4 aromatic heterocycles. The van der Waals surface area contributed by atoms with Gasteiger partial charge in [0.25, 0.3) is 0 Å². The minimum atomic E-state index is 0.00653. The lowest BCUT2D eigenvalue weighted by Gasteiger charge is -2.23. The smallest absolute Gasteiger partial charge is 0.223 e. The number of nitrogens with zero attached hydrogens (tertiary/aromatic N) is 8. The van der Waals surface area contributed by atoms with Crippen molar-refractivity contribution in [3.05, 3.63) is 213 Å². The molecule has 0 amide bonds. The van der Waals surface area contributed by atoms with Crippen molar-refractivity contribution in [3.63, 3.8) is 0 Å². The van der Waals surface area contributed by atoms with Crippen LogP contribution in [0.5, 0.6) is 0 Å². The molecule has 12 heteroatoms. The third kappa shape index (κ3) is 17.3. The van der Waals surface area contributed by atoms with Crippen LogP contribution < -0.4 is 0 Å². The van der Waals surface area contributed by atoms with E-state index in [0.717, 1.165) is 73.4 Å². The molecular formula is C63H66Cl4N8. The highest BCUT2D eigenvalue weighted by Gasteiger charge is 2.23. The van der Waals surface area contributed by atoms with Crippen LogP contribution in [0.3, 0.4) is 0 Å². The molecule has 0 aliphatic rings. The zero-order valence-corrected chi connectivity index (χ0v) is 48.2. The summed E-state index contributed by atoms with van der Waals surface area (Å²) in [5.41, 5.74) is 15.1. The van der Waals surface area contributed by atoms with E-state index in [1.165, 1.54) is 11.1 Å². The molecular weight excluding hydrogens is 1010 g/mol. The molecule has 0 aliphatic carbocycles. The molecule has 0 bridgehead atoms. The van der Waals surface area contributed by atoms with E-state index >= 15 is 0 Å². The number of benzene rings is 5. The van der Waals surface area contributed by atoms with E-state index in [1.807, 2.05) is 122 Å². The summed E-state index contributed by atoms with van der Waals surface area (Å²) in [6, 6.07) is 54.8. The van der Waals surface area contributed by atoms with Crippen LogP contribution in [-0.4, -0.2) is 39.9 Å². The third-order valence-corrected chi connectivity index (χ3v) is 12.4. The van der Waals surface area contributed by atoms with Crippen LogP contribution in [0.1, 0.15) is 111 Å². The molecule has 0 saturated carbocycles. The Morgan fingerprint density at radius 2 is 0.520 bits per heavy atom. The van der Waals surface area contributed by atoms with Crippen molar-refractivity contribution < 1.29 is 0 Å². The molecule has 0 aliphatic heterocycles. The van der Waals surface area contributed by atoms with Gasteiger partial charge >= 0.3 is 0 Å². The summed E-state index contributed by atoms with van der Waals surface area (Å²) < 4.78 is 0. The number of rotatable bonds is 5. The predicted molar refractivity (Wildman–Crippen MR) is 315 cm³/mol. The molecule has 386 valence electrons. The number of aryl methyl sites for hydroxylation is 1. The summed E-state index contributed by atoms with van der Waals surface area (Å²) in [5.74, 6) is 0. The molecule has 9 aromatic rings. The van der Waals surface area contributed by atoms with Gasteiger partial charge in [-0.15, -0.1) is 0 Å². The standard InChI is InChI=1S/C24H27ClN2.C16H11ClN2.C12H19ClN2.C11H9ClN2/c1-23(2,3)18-11-7-16(8-12-18)20-15-21(27-22(25)26-20)17-9-13-19(14-10-17)24(4,5)6;17-16-18-14(12-7-3-1-4-8-12)11-15(19-16)13-9-5-2-6-10-13;1-11(2,3)8-7-9(12(4,5)6)15-10(13)14-8;1-8-7-10(14-11(12)13-8)9-5-3-2-4-6-9/h7-15H,1-6H3;1-11H;7H,1-6H3;2-7H,1H3. The van der Waals surface area contributed by atoms with E-state index < -0.39 is 0 Å². The zero-order chi connectivity index (χ0) is 54.7. The van der Waals surface area contributed by atoms with Crippen molar-refractivity contribution >= 4 is 46.4 Å². The molecule has 0 radical (unpaired) electrons. The summed E-state index contributed by atoms with van der Waals surface area (Å²) in [4.78, 5) is 34.2. The van der Waals surface area contributed by atoms with Crippen LogP contribution in [0.15, 0.2) is 164 Å². The Kier molecular flexibility index (Phi) is 19.2. The first kappa shape index (κ1) is 57.9. The highest BCUT2D eigenvalue weighted by atomic mass is 35.5. The molecule has 0 atom stereocenters. The monoisotopic (exact) mass is 1070 g/mol. The average molecular weight is 1080 g/mol. The molecule has 75 heavy (non-hydrogen) atoms. The lowest BCUT2D eigenvalue weighted by atomic mass is 9.86. The summed E-state index contributed by atoms with van der Waals surface area (Å²) >= 11 is 24.0. The Hall–Kier alpha value is -6.42. The summed E-state index contributed by atoms with van der Waals surface area (Å²) in [7, 11) is 0. The van der Waals surface area contributed by atoms with E-state index in [1.54, 1.807) is 0 Å². The molecule has 0 unspecified atom stereocenters. The van der Waals surface area contributed by atoms with Crippen LogP contribution in [0, 0.1) is 6.92 Å². The van der Waals surface area contributed by atoms with Gasteiger partial charge in [0.05, 0.1) is 39.9 Å². The van der Waals surface area contributed by atoms with E-state index in [0.29, 0.717) is 10.6 Å². The number of hydrogen-bond acceptors (Lipinski definition) is 8. The quantitative estimate of drug-likeness (QED) is 0.157. The Labute approximate surface area is 464 Å². The summed E-state index contributed by atoms with van der Waals surface area (Å²) in [6.45, 7) is 27.9. The third-order valence-electron chi connectivity index (χ3n) is 11.8. The first-order valence-electron chi connectivity index (χ1n) is 24.8. The normalized spacial score (nSPS) is 11.5.